The van der Waals surface area contributed by atoms with Gasteiger partial charge in [0.15, 0.2) is 0 Å². The van der Waals surface area contributed by atoms with E-state index in [1.165, 1.54) is 5.56 Å². The summed E-state index contributed by atoms with van der Waals surface area (Å²) < 4.78 is 0. The van der Waals surface area contributed by atoms with Crippen molar-refractivity contribution in [3.8, 4) is 0 Å². The average Bonchev–Trinajstić information content (AvgIpc) is 2.78. The molecule has 0 saturated carbocycles. The van der Waals surface area contributed by atoms with Crippen molar-refractivity contribution < 1.29 is 4.84 Å². The second-order valence-electron chi connectivity index (χ2n) is 4.24. The Morgan fingerprint density at radius 3 is 2.56 bits per heavy atom. The highest BCUT2D eigenvalue weighted by Gasteiger charge is 2.28. The van der Waals surface area contributed by atoms with Crippen molar-refractivity contribution in [2.45, 2.75) is 37.7 Å². The smallest absolute Gasteiger partial charge is 0.148 e. The molecule has 0 aliphatic carbocycles. The number of hydrogen-bond acceptors (Lipinski definition) is 2. The third-order valence-corrected chi connectivity index (χ3v) is 3.31. The summed E-state index contributed by atoms with van der Waals surface area (Å²) in [5.41, 5.74) is 2.36. The quantitative estimate of drug-likeness (QED) is 0.737. The minimum Gasteiger partial charge on any atom is -0.391 e. The molecule has 3 atom stereocenters. The van der Waals surface area contributed by atoms with Crippen molar-refractivity contribution in [1.82, 2.24) is 0 Å². The third kappa shape index (κ3) is 2.38. The van der Waals surface area contributed by atoms with Crippen molar-refractivity contribution in [3.63, 3.8) is 0 Å². The molecule has 3 heteroatoms. The van der Waals surface area contributed by atoms with E-state index in [0.29, 0.717) is 5.92 Å². The lowest BCUT2D eigenvalue weighted by Crippen LogP contribution is -2.19. The zero-order valence-corrected chi connectivity index (χ0v) is 10.3. The van der Waals surface area contributed by atoms with Gasteiger partial charge in [0.25, 0.3) is 0 Å². The van der Waals surface area contributed by atoms with Gasteiger partial charge in [-0.15, -0.1) is 11.6 Å². The van der Waals surface area contributed by atoms with Gasteiger partial charge in [-0.2, -0.15) is 0 Å². The number of oxime groups is 1. The molecule has 0 spiro atoms. The Morgan fingerprint density at radius 1 is 1.31 bits per heavy atom. The van der Waals surface area contributed by atoms with Crippen LogP contribution in [0, 0.1) is 0 Å². The Hall–Kier alpha value is -1.02. The van der Waals surface area contributed by atoms with Crippen molar-refractivity contribution >= 4 is 17.3 Å². The van der Waals surface area contributed by atoms with Crippen LogP contribution >= 0.6 is 11.6 Å². The Morgan fingerprint density at radius 2 is 2.00 bits per heavy atom. The lowest BCUT2D eigenvalue weighted by Gasteiger charge is -2.12. The molecule has 86 valence electrons. The molecule has 0 amide bonds. The van der Waals surface area contributed by atoms with Gasteiger partial charge in [0.2, 0.25) is 0 Å². The fourth-order valence-electron chi connectivity index (χ4n) is 1.85. The van der Waals surface area contributed by atoms with Crippen LogP contribution in [0.15, 0.2) is 35.5 Å². The number of rotatable bonds is 3. The van der Waals surface area contributed by atoms with E-state index >= 15 is 0 Å². The van der Waals surface area contributed by atoms with Crippen LogP contribution in [-0.2, 0) is 4.84 Å². The van der Waals surface area contributed by atoms with Crippen LogP contribution in [0.5, 0.6) is 0 Å². The van der Waals surface area contributed by atoms with E-state index in [0.717, 1.165) is 12.1 Å². The Labute approximate surface area is 101 Å². The van der Waals surface area contributed by atoms with Gasteiger partial charge in [-0.1, -0.05) is 42.4 Å². The number of halogens is 1. The van der Waals surface area contributed by atoms with Gasteiger partial charge in [-0.3, -0.25) is 0 Å². The van der Waals surface area contributed by atoms with E-state index in [2.05, 4.69) is 24.2 Å². The zero-order chi connectivity index (χ0) is 11.5. The van der Waals surface area contributed by atoms with Crippen LogP contribution in [-0.4, -0.2) is 17.2 Å². The zero-order valence-electron chi connectivity index (χ0n) is 9.56. The molecule has 1 heterocycles. The van der Waals surface area contributed by atoms with Gasteiger partial charge in [-0.25, -0.2) is 0 Å². The Balaban J connectivity index is 2.05. The predicted octanol–water partition coefficient (Wildman–Crippen LogP) is 3.56. The van der Waals surface area contributed by atoms with Crippen LogP contribution in [0.4, 0.5) is 0 Å². The lowest BCUT2D eigenvalue weighted by atomic mass is 9.93. The average molecular weight is 238 g/mol. The molecule has 0 saturated heterocycles. The molecular formula is C13H16ClNO. The molecule has 0 N–H and O–H groups in total. The maximum absolute atomic E-state index is 6.00. The second-order valence-corrected chi connectivity index (χ2v) is 4.93. The van der Waals surface area contributed by atoms with Crippen molar-refractivity contribution in [2.24, 2.45) is 5.16 Å². The molecule has 2 nitrogen and oxygen atoms in total. The minimum atomic E-state index is 0.00391. The van der Waals surface area contributed by atoms with Gasteiger partial charge in [0.1, 0.15) is 6.10 Å². The van der Waals surface area contributed by atoms with E-state index in [-0.39, 0.29) is 11.5 Å². The Bertz CT molecular complexity index is 375. The summed E-state index contributed by atoms with van der Waals surface area (Å²) in [5, 5.41) is 4.15. The predicted molar refractivity (Wildman–Crippen MR) is 67.1 cm³/mol. The lowest BCUT2D eigenvalue weighted by molar-refractivity contribution is 0.0854. The van der Waals surface area contributed by atoms with Crippen LogP contribution in [0.2, 0.25) is 0 Å². The van der Waals surface area contributed by atoms with Crippen molar-refractivity contribution in [1.29, 1.82) is 0 Å². The summed E-state index contributed by atoms with van der Waals surface area (Å²) in [4.78, 5) is 5.33. The fourth-order valence-corrected chi connectivity index (χ4v) is 1.99. The first-order valence-corrected chi connectivity index (χ1v) is 6.03. The maximum atomic E-state index is 6.00. The highest BCUT2D eigenvalue weighted by atomic mass is 35.5. The van der Waals surface area contributed by atoms with Crippen LogP contribution in [0.3, 0.4) is 0 Å². The number of hydrogen-bond donors (Lipinski definition) is 0. The van der Waals surface area contributed by atoms with E-state index in [9.17, 15) is 0 Å². The summed E-state index contributed by atoms with van der Waals surface area (Å²) in [6, 6.07) is 10.3. The minimum absolute atomic E-state index is 0.00391. The monoisotopic (exact) mass is 237 g/mol. The van der Waals surface area contributed by atoms with E-state index in [1.54, 1.807) is 0 Å². The third-order valence-electron chi connectivity index (χ3n) is 3.03. The summed E-state index contributed by atoms with van der Waals surface area (Å²) in [7, 11) is 0. The first-order chi connectivity index (χ1) is 7.68. The molecule has 1 aromatic rings. The summed E-state index contributed by atoms with van der Waals surface area (Å²) in [5.74, 6) is 0.307. The highest BCUT2D eigenvalue weighted by Crippen LogP contribution is 2.26. The normalized spacial score (nSPS) is 23.4. The summed E-state index contributed by atoms with van der Waals surface area (Å²) >= 11 is 6.00. The molecule has 0 aromatic heterocycles. The maximum Gasteiger partial charge on any atom is 0.148 e. The van der Waals surface area contributed by atoms with E-state index < -0.39 is 0 Å². The van der Waals surface area contributed by atoms with Crippen LogP contribution < -0.4 is 0 Å². The van der Waals surface area contributed by atoms with Gasteiger partial charge < -0.3 is 4.84 Å². The SMILES string of the molecule is CC(C1=NOC(C(C)Cl)C1)c1ccccc1. The molecule has 0 radical (unpaired) electrons. The molecule has 1 aliphatic rings. The van der Waals surface area contributed by atoms with Gasteiger partial charge in [0, 0.05) is 12.3 Å². The molecule has 1 aromatic carbocycles. The number of nitrogens with zero attached hydrogens (tertiary/aromatic N) is 1. The largest absolute Gasteiger partial charge is 0.391 e. The highest BCUT2D eigenvalue weighted by molar-refractivity contribution is 6.21. The molecule has 3 unspecified atom stereocenters. The Kier molecular flexibility index (Phi) is 3.49. The van der Waals surface area contributed by atoms with Gasteiger partial charge in [-0.05, 0) is 12.5 Å². The first-order valence-electron chi connectivity index (χ1n) is 5.60. The molecule has 2 rings (SSSR count). The summed E-state index contributed by atoms with van der Waals surface area (Å²) in [6.45, 7) is 4.09. The van der Waals surface area contributed by atoms with Crippen molar-refractivity contribution in [3.05, 3.63) is 35.9 Å². The second kappa shape index (κ2) is 4.88. The van der Waals surface area contributed by atoms with E-state index in [4.69, 9.17) is 16.4 Å². The number of alkyl halides is 1. The summed E-state index contributed by atoms with van der Waals surface area (Å²) in [6.07, 6.45) is 0.864. The van der Waals surface area contributed by atoms with Gasteiger partial charge in [0.05, 0.1) is 11.1 Å². The molecule has 1 aliphatic heterocycles. The van der Waals surface area contributed by atoms with Gasteiger partial charge >= 0.3 is 0 Å². The van der Waals surface area contributed by atoms with Crippen LogP contribution in [0.25, 0.3) is 0 Å². The topological polar surface area (TPSA) is 21.6 Å². The van der Waals surface area contributed by atoms with Crippen molar-refractivity contribution in [2.75, 3.05) is 0 Å². The molecule has 0 fully saturated rings. The standard InChI is InChI=1S/C13H16ClNO/c1-9(11-6-4-3-5-7-11)12-8-13(10(2)14)16-15-12/h3-7,9-10,13H,8H2,1-2H3. The van der Waals surface area contributed by atoms with E-state index in [1.807, 2.05) is 25.1 Å². The molecular weight excluding hydrogens is 222 g/mol. The molecule has 16 heavy (non-hydrogen) atoms. The first kappa shape index (κ1) is 11.5. The molecule has 0 bridgehead atoms. The number of benzene rings is 1. The fraction of sp³-hybridized carbons (Fsp3) is 0.462. The van der Waals surface area contributed by atoms with Crippen LogP contribution in [0.1, 0.15) is 31.7 Å².